The van der Waals surface area contributed by atoms with Crippen LogP contribution in [0, 0.1) is 5.92 Å². The van der Waals surface area contributed by atoms with E-state index in [2.05, 4.69) is 11.6 Å². The van der Waals surface area contributed by atoms with E-state index in [-0.39, 0.29) is 6.54 Å². The average Bonchev–Trinajstić information content (AvgIpc) is 2.93. The van der Waals surface area contributed by atoms with E-state index in [1.807, 2.05) is 0 Å². The largest absolute Gasteiger partial charge is 0.389 e. The lowest BCUT2D eigenvalue weighted by Crippen LogP contribution is -2.48. The third kappa shape index (κ3) is 3.90. The lowest BCUT2D eigenvalue weighted by molar-refractivity contribution is -0.00467. The second kappa shape index (κ2) is 6.08. The molecule has 1 heterocycles. The number of rotatable bonds is 5. The van der Waals surface area contributed by atoms with E-state index in [9.17, 15) is 13.5 Å². The van der Waals surface area contributed by atoms with Crippen molar-refractivity contribution in [3.05, 3.63) is 0 Å². The minimum Gasteiger partial charge on any atom is -0.389 e. The Labute approximate surface area is 116 Å². The quantitative estimate of drug-likeness (QED) is 0.800. The maximum atomic E-state index is 12.0. The first kappa shape index (κ1) is 15.2. The first-order valence-corrected chi connectivity index (χ1v) is 8.86. The molecule has 0 aromatic rings. The molecule has 2 fully saturated rings. The highest BCUT2D eigenvalue weighted by atomic mass is 32.2. The standard InChI is InChI=1S/C13H26N2O3S/c1-2-12-5-7-13(16,8-6-12)11-14-19(17,18)15-9-3-4-10-15/h12,14,16H,2-11H2,1H3. The molecule has 0 unspecified atom stereocenters. The van der Waals surface area contributed by atoms with Crippen molar-refractivity contribution in [1.82, 2.24) is 9.03 Å². The fraction of sp³-hybridized carbons (Fsp3) is 1.00. The summed E-state index contributed by atoms with van der Waals surface area (Å²) in [5.74, 6) is 0.690. The van der Waals surface area contributed by atoms with Crippen LogP contribution < -0.4 is 4.72 Å². The van der Waals surface area contributed by atoms with Gasteiger partial charge < -0.3 is 5.11 Å². The summed E-state index contributed by atoms with van der Waals surface area (Å²) in [6.45, 7) is 3.53. The van der Waals surface area contributed by atoms with Crippen molar-refractivity contribution in [2.24, 2.45) is 5.92 Å². The van der Waals surface area contributed by atoms with Gasteiger partial charge in [-0.1, -0.05) is 13.3 Å². The SMILES string of the molecule is CCC1CCC(O)(CNS(=O)(=O)N2CCCC2)CC1. The summed E-state index contributed by atoms with van der Waals surface area (Å²) < 4.78 is 28.2. The normalized spacial score (nSPS) is 33.7. The molecular formula is C13H26N2O3S. The highest BCUT2D eigenvalue weighted by Gasteiger charge is 2.35. The molecule has 1 saturated heterocycles. The first-order valence-electron chi connectivity index (χ1n) is 7.42. The molecule has 0 bridgehead atoms. The van der Waals surface area contributed by atoms with Crippen LogP contribution in [0.1, 0.15) is 51.9 Å². The van der Waals surface area contributed by atoms with Crippen molar-refractivity contribution in [1.29, 1.82) is 0 Å². The Bertz CT molecular complexity index is 383. The fourth-order valence-corrected chi connectivity index (χ4v) is 4.42. The van der Waals surface area contributed by atoms with Crippen molar-refractivity contribution in [3.63, 3.8) is 0 Å². The molecule has 0 aromatic carbocycles. The van der Waals surface area contributed by atoms with E-state index in [0.29, 0.717) is 31.8 Å². The van der Waals surface area contributed by atoms with Gasteiger partial charge in [-0.05, 0) is 44.4 Å². The van der Waals surface area contributed by atoms with Gasteiger partial charge in [-0.15, -0.1) is 0 Å². The first-order chi connectivity index (χ1) is 8.95. The molecule has 2 rings (SSSR count). The average molecular weight is 290 g/mol. The van der Waals surface area contributed by atoms with Gasteiger partial charge in [0.25, 0.3) is 10.2 Å². The van der Waals surface area contributed by atoms with E-state index in [1.54, 1.807) is 0 Å². The Morgan fingerprint density at radius 1 is 1.26 bits per heavy atom. The van der Waals surface area contributed by atoms with Crippen molar-refractivity contribution in [2.75, 3.05) is 19.6 Å². The van der Waals surface area contributed by atoms with Crippen LogP contribution in [-0.4, -0.2) is 43.1 Å². The van der Waals surface area contributed by atoms with Crippen molar-refractivity contribution >= 4 is 10.2 Å². The third-order valence-corrected chi connectivity index (χ3v) is 6.16. The summed E-state index contributed by atoms with van der Waals surface area (Å²) in [6.07, 6.45) is 6.42. The highest BCUT2D eigenvalue weighted by molar-refractivity contribution is 7.87. The number of nitrogens with zero attached hydrogens (tertiary/aromatic N) is 1. The number of hydrogen-bond donors (Lipinski definition) is 2. The summed E-state index contributed by atoms with van der Waals surface area (Å²) in [6, 6.07) is 0. The Morgan fingerprint density at radius 3 is 2.37 bits per heavy atom. The van der Waals surface area contributed by atoms with Gasteiger partial charge in [0.1, 0.15) is 0 Å². The molecule has 0 radical (unpaired) electrons. The van der Waals surface area contributed by atoms with Gasteiger partial charge >= 0.3 is 0 Å². The van der Waals surface area contributed by atoms with Gasteiger partial charge in [0.05, 0.1) is 5.60 Å². The molecule has 112 valence electrons. The maximum absolute atomic E-state index is 12.0. The topological polar surface area (TPSA) is 69.6 Å². The molecule has 2 N–H and O–H groups in total. The zero-order valence-electron chi connectivity index (χ0n) is 11.8. The minimum absolute atomic E-state index is 0.155. The maximum Gasteiger partial charge on any atom is 0.279 e. The Balaban J connectivity index is 1.84. The molecule has 6 heteroatoms. The zero-order valence-corrected chi connectivity index (χ0v) is 12.6. The van der Waals surface area contributed by atoms with E-state index in [4.69, 9.17) is 0 Å². The molecule has 1 saturated carbocycles. The summed E-state index contributed by atoms with van der Waals surface area (Å²) in [5.41, 5.74) is -0.849. The third-order valence-electron chi connectivity index (χ3n) is 4.60. The fourth-order valence-electron chi connectivity index (χ4n) is 3.05. The smallest absolute Gasteiger partial charge is 0.279 e. The molecule has 0 spiro atoms. The van der Waals surface area contributed by atoms with Crippen LogP contribution >= 0.6 is 0 Å². The van der Waals surface area contributed by atoms with E-state index >= 15 is 0 Å². The Hall–Kier alpha value is -0.170. The van der Waals surface area contributed by atoms with Crippen LogP contribution in [0.5, 0.6) is 0 Å². The number of nitrogens with one attached hydrogen (secondary N) is 1. The van der Waals surface area contributed by atoms with Crippen LogP contribution in [0.3, 0.4) is 0 Å². The van der Waals surface area contributed by atoms with Crippen LogP contribution in [0.15, 0.2) is 0 Å². The van der Waals surface area contributed by atoms with E-state index < -0.39 is 15.8 Å². The lowest BCUT2D eigenvalue weighted by atomic mass is 9.78. The molecule has 1 aliphatic heterocycles. The highest BCUT2D eigenvalue weighted by Crippen LogP contribution is 2.33. The Kier molecular flexibility index (Phi) is 4.87. The molecule has 19 heavy (non-hydrogen) atoms. The van der Waals surface area contributed by atoms with Crippen LogP contribution in [-0.2, 0) is 10.2 Å². The molecule has 5 nitrogen and oxygen atoms in total. The van der Waals surface area contributed by atoms with E-state index in [0.717, 1.165) is 32.1 Å². The van der Waals surface area contributed by atoms with Crippen LogP contribution in [0.25, 0.3) is 0 Å². The zero-order chi connectivity index (χ0) is 13.9. The molecule has 0 aromatic heterocycles. The molecule has 2 aliphatic rings. The number of hydrogen-bond acceptors (Lipinski definition) is 3. The van der Waals surface area contributed by atoms with Crippen LogP contribution in [0.2, 0.25) is 0 Å². The predicted octanol–water partition coefficient (Wildman–Crippen LogP) is 1.25. The summed E-state index contributed by atoms with van der Waals surface area (Å²) in [4.78, 5) is 0. The molecular weight excluding hydrogens is 264 g/mol. The van der Waals surface area contributed by atoms with Gasteiger partial charge in [-0.3, -0.25) is 0 Å². The monoisotopic (exact) mass is 290 g/mol. The van der Waals surface area contributed by atoms with E-state index in [1.165, 1.54) is 4.31 Å². The molecule has 1 aliphatic carbocycles. The minimum atomic E-state index is -3.39. The molecule has 0 amide bonds. The summed E-state index contributed by atoms with van der Waals surface area (Å²) >= 11 is 0. The van der Waals surface area contributed by atoms with Gasteiger partial charge in [-0.2, -0.15) is 17.4 Å². The van der Waals surface area contributed by atoms with Gasteiger partial charge in [0.2, 0.25) is 0 Å². The van der Waals surface area contributed by atoms with Crippen molar-refractivity contribution < 1.29 is 13.5 Å². The Morgan fingerprint density at radius 2 is 1.84 bits per heavy atom. The van der Waals surface area contributed by atoms with Gasteiger partial charge in [-0.25, -0.2) is 0 Å². The second-order valence-electron chi connectivity index (χ2n) is 6.01. The predicted molar refractivity (Wildman–Crippen MR) is 74.9 cm³/mol. The second-order valence-corrected chi connectivity index (χ2v) is 7.76. The van der Waals surface area contributed by atoms with Crippen LogP contribution in [0.4, 0.5) is 0 Å². The van der Waals surface area contributed by atoms with Gasteiger partial charge in [0.15, 0.2) is 0 Å². The van der Waals surface area contributed by atoms with Crippen molar-refractivity contribution in [2.45, 2.75) is 57.5 Å². The van der Waals surface area contributed by atoms with Gasteiger partial charge in [0, 0.05) is 19.6 Å². The summed E-state index contributed by atoms with van der Waals surface area (Å²) in [7, 11) is -3.39. The number of aliphatic hydroxyl groups is 1. The van der Waals surface area contributed by atoms with Crippen molar-refractivity contribution in [3.8, 4) is 0 Å². The lowest BCUT2D eigenvalue weighted by Gasteiger charge is -2.36. The molecule has 0 atom stereocenters. The summed E-state index contributed by atoms with van der Waals surface area (Å²) in [5, 5.41) is 10.4.